The fourth-order valence-corrected chi connectivity index (χ4v) is 2.97. The van der Waals surface area contributed by atoms with Crippen molar-refractivity contribution in [1.82, 2.24) is 4.98 Å². The predicted molar refractivity (Wildman–Crippen MR) is 57.6 cm³/mol. The van der Waals surface area contributed by atoms with Gasteiger partial charge in [0.25, 0.3) is 0 Å². The molecule has 0 unspecified atom stereocenters. The SMILES string of the molecule is Cc1sc(Br)nc1N1CCOCC1. The largest absolute Gasteiger partial charge is 0.378 e. The van der Waals surface area contributed by atoms with E-state index < -0.39 is 0 Å². The van der Waals surface area contributed by atoms with Crippen LogP contribution in [0.3, 0.4) is 0 Å². The summed E-state index contributed by atoms with van der Waals surface area (Å²) in [6.07, 6.45) is 0. The molecule has 0 spiro atoms. The fraction of sp³-hybridized carbons (Fsp3) is 0.625. The van der Waals surface area contributed by atoms with Gasteiger partial charge in [-0.1, -0.05) is 0 Å². The Morgan fingerprint density at radius 3 is 2.69 bits per heavy atom. The Balaban J connectivity index is 2.18. The molecule has 0 aliphatic carbocycles. The molecule has 3 nitrogen and oxygen atoms in total. The lowest BCUT2D eigenvalue weighted by Crippen LogP contribution is -2.36. The molecule has 0 radical (unpaired) electrons. The minimum Gasteiger partial charge on any atom is -0.378 e. The van der Waals surface area contributed by atoms with Crippen molar-refractivity contribution >= 4 is 33.1 Å². The van der Waals surface area contributed by atoms with Crippen LogP contribution < -0.4 is 4.90 Å². The number of rotatable bonds is 1. The molecule has 0 bridgehead atoms. The van der Waals surface area contributed by atoms with Crippen LogP contribution in [0.5, 0.6) is 0 Å². The number of aromatic nitrogens is 1. The molecule has 0 amide bonds. The highest BCUT2D eigenvalue weighted by Gasteiger charge is 2.16. The van der Waals surface area contributed by atoms with Gasteiger partial charge in [-0.15, -0.1) is 11.3 Å². The van der Waals surface area contributed by atoms with E-state index in [4.69, 9.17) is 4.74 Å². The van der Waals surface area contributed by atoms with E-state index in [0.717, 1.165) is 36.0 Å². The first-order chi connectivity index (χ1) is 6.27. The van der Waals surface area contributed by atoms with Crippen molar-refractivity contribution in [2.45, 2.75) is 6.92 Å². The zero-order valence-electron chi connectivity index (χ0n) is 7.42. The van der Waals surface area contributed by atoms with Gasteiger partial charge < -0.3 is 9.64 Å². The minimum absolute atomic E-state index is 0.814. The summed E-state index contributed by atoms with van der Waals surface area (Å²) in [5.41, 5.74) is 0. The molecule has 0 saturated carbocycles. The maximum atomic E-state index is 5.29. The second-order valence-electron chi connectivity index (χ2n) is 2.95. The Labute approximate surface area is 89.9 Å². The van der Waals surface area contributed by atoms with Crippen molar-refractivity contribution in [3.63, 3.8) is 0 Å². The van der Waals surface area contributed by atoms with Crippen LogP contribution in [0, 0.1) is 6.92 Å². The maximum absolute atomic E-state index is 5.29. The van der Waals surface area contributed by atoms with Crippen LogP contribution in [-0.4, -0.2) is 31.3 Å². The summed E-state index contributed by atoms with van der Waals surface area (Å²) in [6.45, 7) is 5.64. The molecule has 13 heavy (non-hydrogen) atoms. The van der Waals surface area contributed by atoms with Crippen molar-refractivity contribution in [3.8, 4) is 0 Å². The number of hydrogen-bond donors (Lipinski definition) is 0. The topological polar surface area (TPSA) is 25.4 Å². The predicted octanol–water partition coefficient (Wildman–Crippen LogP) is 2.05. The molecule has 2 heterocycles. The van der Waals surface area contributed by atoms with Gasteiger partial charge in [0.05, 0.1) is 13.2 Å². The van der Waals surface area contributed by atoms with Crippen molar-refractivity contribution in [2.75, 3.05) is 31.2 Å². The highest BCUT2D eigenvalue weighted by atomic mass is 79.9. The summed E-state index contributed by atoms with van der Waals surface area (Å²) in [7, 11) is 0. The lowest BCUT2D eigenvalue weighted by Gasteiger charge is -2.27. The first-order valence-corrected chi connectivity index (χ1v) is 5.84. The number of morpholine rings is 1. The Bertz CT molecular complexity index is 296. The number of nitrogens with zero attached hydrogens (tertiary/aromatic N) is 2. The molecule has 1 aromatic rings. The molecule has 1 fully saturated rings. The number of halogens is 1. The van der Waals surface area contributed by atoms with E-state index in [1.807, 2.05) is 0 Å². The van der Waals surface area contributed by atoms with Crippen molar-refractivity contribution in [3.05, 3.63) is 8.79 Å². The van der Waals surface area contributed by atoms with Crippen molar-refractivity contribution in [1.29, 1.82) is 0 Å². The smallest absolute Gasteiger partial charge is 0.161 e. The first kappa shape index (κ1) is 9.43. The van der Waals surface area contributed by atoms with Crippen LogP contribution in [0.4, 0.5) is 5.82 Å². The molecule has 1 saturated heterocycles. The van der Waals surface area contributed by atoms with Crippen molar-refractivity contribution < 1.29 is 4.74 Å². The lowest BCUT2D eigenvalue weighted by molar-refractivity contribution is 0.122. The van der Waals surface area contributed by atoms with Gasteiger partial charge in [-0.05, 0) is 22.9 Å². The van der Waals surface area contributed by atoms with Crippen LogP contribution >= 0.6 is 27.3 Å². The lowest BCUT2D eigenvalue weighted by atomic mass is 10.4. The van der Waals surface area contributed by atoms with Gasteiger partial charge in [-0.2, -0.15) is 0 Å². The molecule has 0 aromatic carbocycles. The Morgan fingerprint density at radius 1 is 1.46 bits per heavy atom. The zero-order chi connectivity index (χ0) is 9.26. The van der Waals surface area contributed by atoms with E-state index in [0.29, 0.717) is 0 Å². The molecule has 1 aliphatic heterocycles. The van der Waals surface area contributed by atoms with Gasteiger partial charge >= 0.3 is 0 Å². The average Bonchev–Trinajstić information content (AvgIpc) is 2.47. The molecule has 72 valence electrons. The third kappa shape index (κ3) is 2.03. The van der Waals surface area contributed by atoms with E-state index in [2.05, 4.69) is 32.7 Å². The molecule has 5 heteroatoms. The summed E-state index contributed by atoms with van der Waals surface area (Å²) >= 11 is 5.09. The molecule has 1 aromatic heterocycles. The van der Waals surface area contributed by atoms with Gasteiger partial charge in [0.15, 0.2) is 3.92 Å². The average molecular weight is 263 g/mol. The summed E-state index contributed by atoms with van der Waals surface area (Å²) < 4.78 is 6.25. The van der Waals surface area contributed by atoms with Gasteiger partial charge in [0.1, 0.15) is 5.82 Å². The third-order valence-electron chi connectivity index (χ3n) is 2.06. The monoisotopic (exact) mass is 262 g/mol. The number of hydrogen-bond acceptors (Lipinski definition) is 4. The molecular formula is C8H11BrN2OS. The van der Waals surface area contributed by atoms with Crippen LogP contribution in [-0.2, 0) is 4.74 Å². The minimum atomic E-state index is 0.814. The second kappa shape index (κ2) is 3.94. The van der Waals surface area contributed by atoms with Gasteiger partial charge in [0, 0.05) is 18.0 Å². The standard InChI is InChI=1S/C8H11BrN2OS/c1-6-7(10-8(9)13-6)11-2-4-12-5-3-11/h2-5H2,1H3. The van der Waals surface area contributed by atoms with Crippen LogP contribution in [0.2, 0.25) is 0 Å². The Kier molecular flexibility index (Phi) is 2.86. The number of anilines is 1. The summed E-state index contributed by atoms with van der Waals surface area (Å²) in [4.78, 5) is 7.99. The summed E-state index contributed by atoms with van der Waals surface area (Å²) in [5.74, 6) is 1.11. The normalized spacial score (nSPS) is 17.8. The van der Waals surface area contributed by atoms with Crippen LogP contribution in [0.1, 0.15) is 4.88 Å². The van der Waals surface area contributed by atoms with Gasteiger partial charge in [-0.3, -0.25) is 0 Å². The molecule has 1 aliphatic rings. The number of ether oxygens (including phenoxy) is 1. The zero-order valence-corrected chi connectivity index (χ0v) is 9.82. The summed E-state index contributed by atoms with van der Waals surface area (Å²) in [5, 5.41) is 0. The quantitative estimate of drug-likeness (QED) is 0.775. The van der Waals surface area contributed by atoms with Gasteiger partial charge in [-0.25, -0.2) is 4.98 Å². The van der Waals surface area contributed by atoms with E-state index in [1.165, 1.54) is 4.88 Å². The van der Waals surface area contributed by atoms with E-state index in [-0.39, 0.29) is 0 Å². The maximum Gasteiger partial charge on any atom is 0.161 e. The summed E-state index contributed by atoms with van der Waals surface area (Å²) in [6, 6.07) is 0. The van der Waals surface area contributed by atoms with Crippen molar-refractivity contribution in [2.24, 2.45) is 0 Å². The van der Waals surface area contributed by atoms with E-state index in [1.54, 1.807) is 11.3 Å². The van der Waals surface area contributed by atoms with E-state index >= 15 is 0 Å². The van der Waals surface area contributed by atoms with Crippen LogP contribution in [0.25, 0.3) is 0 Å². The highest BCUT2D eigenvalue weighted by Crippen LogP contribution is 2.29. The Hall–Kier alpha value is -0.130. The van der Waals surface area contributed by atoms with E-state index in [9.17, 15) is 0 Å². The number of thiazole rings is 1. The first-order valence-electron chi connectivity index (χ1n) is 4.23. The second-order valence-corrected chi connectivity index (χ2v) is 5.43. The highest BCUT2D eigenvalue weighted by molar-refractivity contribution is 9.11. The molecule has 2 rings (SSSR count). The van der Waals surface area contributed by atoms with Gasteiger partial charge in [0.2, 0.25) is 0 Å². The molecule has 0 atom stereocenters. The van der Waals surface area contributed by atoms with Crippen LogP contribution in [0.15, 0.2) is 3.92 Å². The Morgan fingerprint density at radius 2 is 2.15 bits per heavy atom. The third-order valence-corrected chi connectivity index (χ3v) is 3.47. The fourth-order valence-electron chi connectivity index (χ4n) is 1.43. The molecular weight excluding hydrogens is 252 g/mol. The number of aryl methyl sites for hydroxylation is 1. The molecule has 0 N–H and O–H groups in total.